The molecule has 1 heterocycles. The van der Waals surface area contributed by atoms with Gasteiger partial charge in [0.05, 0.1) is 6.61 Å². The average Bonchev–Trinajstić information content (AvgIpc) is 2.59. The van der Waals surface area contributed by atoms with E-state index >= 15 is 0 Å². The van der Waals surface area contributed by atoms with Crippen LogP contribution in [-0.4, -0.2) is 29.2 Å². The molecule has 0 aliphatic carbocycles. The molecule has 2 rings (SSSR count). The number of hydrogen-bond donors (Lipinski definition) is 2. The van der Waals surface area contributed by atoms with Gasteiger partial charge in [-0.25, -0.2) is 4.39 Å². The van der Waals surface area contributed by atoms with Crippen molar-refractivity contribution in [1.82, 2.24) is 4.90 Å². The molecule has 0 bridgehead atoms. The molecule has 0 spiro atoms. The van der Waals surface area contributed by atoms with Gasteiger partial charge in [0.2, 0.25) is 0 Å². The van der Waals surface area contributed by atoms with Crippen LogP contribution in [0.5, 0.6) is 0 Å². The molecule has 1 aliphatic heterocycles. The third kappa shape index (κ3) is 3.00. The monoisotopic (exact) mass is 252 g/mol. The summed E-state index contributed by atoms with van der Waals surface area (Å²) in [5, 5.41) is 9.44. The zero-order chi connectivity index (χ0) is 13.0. The molecule has 0 amide bonds. The molecule has 0 aromatic heterocycles. The molecule has 1 aromatic carbocycles. The SMILES string of the molecule is Nc1cccc(F)c1CN1CCCCCC1CO. The third-order valence-corrected chi connectivity index (χ3v) is 3.73. The molecular formula is C14H21FN2O. The fraction of sp³-hybridized carbons (Fsp3) is 0.571. The number of likely N-dealkylation sites (tertiary alicyclic amines) is 1. The summed E-state index contributed by atoms with van der Waals surface area (Å²) >= 11 is 0. The van der Waals surface area contributed by atoms with Gasteiger partial charge < -0.3 is 10.8 Å². The van der Waals surface area contributed by atoms with E-state index < -0.39 is 0 Å². The maximum Gasteiger partial charge on any atom is 0.129 e. The van der Waals surface area contributed by atoms with E-state index in [-0.39, 0.29) is 18.5 Å². The van der Waals surface area contributed by atoms with Gasteiger partial charge in [0.15, 0.2) is 0 Å². The first kappa shape index (κ1) is 13.3. The Hall–Kier alpha value is -1.13. The van der Waals surface area contributed by atoms with E-state index in [0.717, 1.165) is 25.8 Å². The Balaban J connectivity index is 2.15. The fourth-order valence-corrected chi connectivity index (χ4v) is 2.60. The minimum absolute atomic E-state index is 0.131. The van der Waals surface area contributed by atoms with Gasteiger partial charge in [-0.15, -0.1) is 0 Å². The molecular weight excluding hydrogens is 231 g/mol. The lowest BCUT2D eigenvalue weighted by molar-refractivity contribution is 0.117. The highest BCUT2D eigenvalue weighted by atomic mass is 19.1. The molecule has 3 N–H and O–H groups in total. The summed E-state index contributed by atoms with van der Waals surface area (Å²) in [6.07, 6.45) is 4.39. The number of nitrogens with two attached hydrogens (primary N) is 1. The van der Waals surface area contributed by atoms with Crippen LogP contribution >= 0.6 is 0 Å². The van der Waals surface area contributed by atoms with Crippen LogP contribution in [0.15, 0.2) is 18.2 Å². The molecule has 1 aromatic rings. The zero-order valence-corrected chi connectivity index (χ0v) is 10.6. The number of hydrogen-bond acceptors (Lipinski definition) is 3. The van der Waals surface area contributed by atoms with Gasteiger partial charge in [0.25, 0.3) is 0 Å². The number of nitrogens with zero attached hydrogens (tertiary/aromatic N) is 1. The second-order valence-corrected chi connectivity index (χ2v) is 4.96. The van der Waals surface area contributed by atoms with Crippen molar-refractivity contribution < 1.29 is 9.50 Å². The molecule has 0 saturated carbocycles. The van der Waals surface area contributed by atoms with Crippen molar-refractivity contribution in [1.29, 1.82) is 0 Å². The fourth-order valence-electron chi connectivity index (χ4n) is 2.60. The number of rotatable bonds is 3. The smallest absolute Gasteiger partial charge is 0.129 e. The van der Waals surface area contributed by atoms with Crippen LogP contribution < -0.4 is 5.73 Å². The number of aliphatic hydroxyl groups excluding tert-OH is 1. The minimum atomic E-state index is -0.254. The van der Waals surface area contributed by atoms with Gasteiger partial charge in [-0.1, -0.05) is 18.9 Å². The lowest BCUT2D eigenvalue weighted by Crippen LogP contribution is -2.37. The van der Waals surface area contributed by atoms with Crippen LogP contribution in [0.1, 0.15) is 31.2 Å². The molecule has 4 heteroatoms. The average molecular weight is 252 g/mol. The molecule has 18 heavy (non-hydrogen) atoms. The van der Waals surface area contributed by atoms with E-state index in [2.05, 4.69) is 4.90 Å². The molecule has 100 valence electrons. The predicted molar refractivity (Wildman–Crippen MR) is 70.6 cm³/mol. The van der Waals surface area contributed by atoms with Gasteiger partial charge in [-0.3, -0.25) is 4.90 Å². The summed E-state index contributed by atoms with van der Waals surface area (Å²) in [6.45, 7) is 1.52. The molecule has 1 aliphatic rings. The van der Waals surface area contributed by atoms with E-state index in [4.69, 9.17) is 5.73 Å². The lowest BCUT2D eigenvalue weighted by atomic mass is 10.1. The standard InChI is InChI=1S/C14H21FN2O/c15-13-6-4-7-14(16)12(13)9-17-8-3-1-2-5-11(17)10-18/h4,6-7,11,18H,1-3,5,8-10,16H2. The Morgan fingerprint density at radius 1 is 1.33 bits per heavy atom. The van der Waals surface area contributed by atoms with Gasteiger partial charge in [-0.05, 0) is 31.5 Å². The van der Waals surface area contributed by atoms with Crippen LogP contribution in [0.4, 0.5) is 10.1 Å². The lowest BCUT2D eigenvalue weighted by Gasteiger charge is -2.29. The van der Waals surface area contributed by atoms with Crippen LogP contribution in [0.3, 0.4) is 0 Å². The third-order valence-electron chi connectivity index (χ3n) is 3.73. The van der Waals surface area contributed by atoms with E-state index in [1.165, 1.54) is 12.5 Å². The van der Waals surface area contributed by atoms with Crippen molar-refractivity contribution in [3.05, 3.63) is 29.6 Å². The van der Waals surface area contributed by atoms with Crippen molar-refractivity contribution in [2.45, 2.75) is 38.3 Å². The summed E-state index contributed by atoms with van der Waals surface area (Å²) in [7, 11) is 0. The number of halogens is 1. The van der Waals surface area contributed by atoms with Crippen molar-refractivity contribution >= 4 is 5.69 Å². The van der Waals surface area contributed by atoms with E-state index in [9.17, 15) is 9.50 Å². The van der Waals surface area contributed by atoms with E-state index in [1.54, 1.807) is 12.1 Å². The predicted octanol–water partition coefficient (Wildman–Crippen LogP) is 2.14. The van der Waals surface area contributed by atoms with Crippen molar-refractivity contribution in [2.24, 2.45) is 0 Å². The molecule has 0 radical (unpaired) electrons. The van der Waals surface area contributed by atoms with Gasteiger partial charge in [0, 0.05) is 23.8 Å². The van der Waals surface area contributed by atoms with Crippen LogP contribution in [-0.2, 0) is 6.54 Å². The first-order valence-corrected chi connectivity index (χ1v) is 6.60. The molecule has 1 saturated heterocycles. The van der Waals surface area contributed by atoms with Gasteiger partial charge in [0.1, 0.15) is 5.82 Å². The summed E-state index contributed by atoms with van der Waals surface area (Å²) in [6, 6.07) is 4.92. The number of nitrogen functional groups attached to an aromatic ring is 1. The highest BCUT2D eigenvalue weighted by Gasteiger charge is 2.22. The minimum Gasteiger partial charge on any atom is -0.398 e. The molecule has 1 fully saturated rings. The zero-order valence-electron chi connectivity index (χ0n) is 10.6. The van der Waals surface area contributed by atoms with E-state index in [1.807, 2.05) is 0 Å². The van der Waals surface area contributed by atoms with Crippen LogP contribution in [0, 0.1) is 5.82 Å². The highest BCUT2D eigenvalue weighted by molar-refractivity contribution is 5.47. The normalized spacial score (nSPS) is 21.8. The molecule has 1 unspecified atom stereocenters. The highest BCUT2D eigenvalue weighted by Crippen LogP contribution is 2.23. The van der Waals surface area contributed by atoms with Crippen molar-refractivity contribution in [3.8, 4) is 0 Å². The van der Waals surface area contributed by atoms with E-state index in [0.29, 0.717) is 17.8 Å². The van der Waals surface area contributed by atoms with Crippen LogP contribution in [0.2, 0.25) is 0 Å². The summed E-state index contributed by atoms with van der Waals surface area (Å²) in [5.74, 6) is -0.254. The molecule has 1 atom stereocenters. The number of anilines is 1. The summed E-state index contributed by atoms with van der Waals surface area (Å²) in [4.78, 5) is 2.15. The van der Waals surface area contributed by atoms with Crippen molar-refractivity contribution in [3.63, 3.8) is 0 Å². The Morgan fingerprint density at radius 2 is 2.17 bits per heavy atom. The van der Waals surface area contributed by atoms with Crippen LogP contribution in [0.25, 0.3) is 0 Å². The topological polar surface area (TPSA) is 49.5 Å². The Kier molecular flexibility index (Phi) is 4.55. The largest absolute Gasteiger partial charge is 0.398 e. The second-order valence-electron chi connectivity index (χ2n) is 4.96. The Bertz CT molecular complexity index is 377. The molecule has 3 nitrogen and oxygen atoms in total. The maximum absolute atomic E-state index is 13.8. The van der Waals surface area contributed by atoms with Gasteiger partial charge >= 0.3 is 0 Å². The number of benzene rings is 1. The first-order valence-electron chi connectivity index (χ1n) is 6.60. The van der Waals surface area contributed by atoms with Gasteiger partial charge in [-0.2, -0.15) is 0 Å². The Labute approximate surface area is 107 Å². The first-order chi connectivity index (χ1) is 8.72. The maximum atomic E-state index is 13.8. The number of aliphatic hydroxyl groups is 1. The Morgan fingerprint density at radius 3 is 2.89 bits per heavy atom. The summed E-state index contributed by atoms with van der Waals surface area (Å²) < 4.78 is 13.8. The second kappa shape index (κ2) is 6.16. The van der Waals surface area contributed by atoms with Crippen molar-refractivity contribution in [2.75, 3.05) is 18.9 Å². The summed E-state index contributed by atoms with van der Waals surface area (Å²) in [5.41, 5.74) is 6.89. The quantitative estimate of drug-likeness (QED) is 0.810.